The van der Waals surface area contributed by atoms with Gasteiger partial charge in [-0.05, 0) is 38.8 Å². The maximum atomic E-state index is 12.2. The second kappa shape index (κ2) is 10.2. The fraction of sp³-hybridized carbons (Fsp3) is 0.346. The van der Waals surface area contributed by atoms with Crippen molar-refractivity contribution in [2.45, 2.75) is 45.6 Å². The molecule has 5 rings (SSSR count). The summed E-state index contributed by atoms with van der Waals surface area (Å²) < 4.78 is 9.28. The van der Waals surface area contributed by atoms with Gasteiger partial charge in [0, 0.05) is 36.9 Å². The van der Waals surface area contributed by atoms with Crippen molar-refractivity contribution in [3.05, 3.63) is 60.4 Å². The van der Waals surface area contributed by atoms with Crippen LogP contribution in [0.4, 0.5) is 0 Å². The number of benzene rings is 2. The molecule has 0 atom stereocenters. The van der Waals surface area contributed by atoms with Gasteiger partial charge in [0.2, 0.25) is 5.91 Å². The maximum Gasteiger partial charge on any atom is 0.258 e. The van der Waals surface area contributed by atoms with Gasteiger partial charge >= 0.3 is 0 Å². The van der Waals surface area contributed by atoms with Crippen molar-refractivity contribution < 1.29 is 9.53 Å². The Hall–Kier alpha value is -3.85. The smallest absolute Gasteiger partial charge is 0.258 e. The van der Waals surface area contributed by atoms with Gasteiger partial charge in [-0.25, -0.2) is 4.98 Å². The number of hydrogen-bond acceptors (Lipinski definition) is 6. The molecule has 5 aromatic rings. The van der Waals surface area contributed by atoms with Crippen LogP contribution in [0.5, 0.6) is 0 Å². The predicted molar refractivity (Wildman–Crippen MR) is 134 cm³/mol. The van der Waals surface area contributed by atoms with Gasteiger partial charge in [0.15, 0.2) is 11.5 Å². The summed E-state index contributed by atoms with van der Waals surface area (Å²) in [7, 11) is 0. The van der Waals surface area contributed by atoms with Gasteiger partial charge in [0.1, 0.15) is 5.82 Å². The highest BCUT2D eigenvalue weighted by Gasteiger charge is 2.18. The number of fused-ring (bicyclic) bond motifs is 6. The number of aromatic nitrogens is 6. The first-order valence-electron chi connectivity index (χ1n) is 12.1. The summed E-state index contributed by atoms with van der Waals surface area (Å²) in [6.45, 7) is 5.29. The van der Waals surface area contributed by atoms with Crippen LogP contribution in [0.25, 0.3) is 33.7 Å². The average Bonchev–Trinajstić information content (AvgIpc) is 3.49. The molecule has 0 saturated heterocycles. The molecule has 0 fully saturated rings. The summed E-state index contributed by atoms with van der Waals surface area (Å²) in [5.41, 5.74) is 2.66. The van der Waals surface area contributed by atoms with Crippen LogP contribution in [0, 0.1) is 0 Å². The Labute approximate surface area is 203 Å². The average molecular weight is 472 g/mol. The van der Waals surface area contributed by atoms with E-state index < -0.39 is 0 Å². The highest BCUT2D eigenvalue weighted by atomic mass is 16.5. The molecule has 0 bridgehead atoms. The monoisotopic (exact) mass is 471 g/mol. The van der Waals surface area contributed by atoms with Crippen LogP contribution >= 0.6 is 0 Å². The number of nitrogens with zero attached hydrogens (tertiary/aromatic N) is 6. The third-order valence-corrected chi connectivity index (χ3v) is 5.83. The lowest BCUT2D eigenvalue weighted by atomic mass is 10.2. The molecule has 0 aliphatic carbocycles. The van der Waals surface area contributed by atoms with Crippen molar-refractivity contribution in [1.29, 1.82) is 0 Å². The number of carbonyl (C=O) groups excluding carboxylic acids is 1. The van der Waals surface area contributed by atoms with Gasteiger partial charge in [-0.2, -0.15) is 4.52 Å². The Bertz CT molecular complexity index is 1460. The Morgan fingerprint density at radius 3 is 2.66 bits per heavy atom. The molecule has 9 nitrogen and oxygen atoms in total. The van der Waals surface area contributed by atoms with E-state index in [4.69, 9.17) is 14.8 Å². The van der Waals surface area contributed by atoms with Crippen LogP contribution in [0.1, 0.15) is 38.9 Å². The van der Waals surface area contributed by atoms with Crippen molar-refractivity contribution in [1.82, 2.24) is 34.5 Å². The van der Waals surface area contributed by atoms with Crippen molar-refractivity contribution in [2.75, 3.05) is 13.2 Å². The second-order valence-electron chi connectivity index (χ2n) is 8.78. The van der Waals surface area contributed by atoms with E-state index in [1.54, 1.807) is 4.52 Å². The van der Waals surface area contributed by atoms with Gasteiger partial charge in [0.05, 0.1) is 11.6 Å². The van der Waals surface area contributed by atoms with Crippen LogP contribution in [-0.2, 0) is 16.0 Å². The van der Waals surface area contributed by atoms with E-state index in [9.17, 15) is 4.79 Å². The number of amides is 1. The van der Waals surface area contributed by atoms with Crippen LogP contribution in [-0.4, -0.2) is 54.4 Å². The summed E-state index contributed by atoms with van der Waals surface area (Å²) >= 11 is 0. The summed E-state index contributed by atoms with van der Waals surface area (Å²) in [6, 6.07) is 18.0. The Kier molecular flexibility index (Phi) is 6.67. The van der Waals surface area contributed by atoms with Gasteiger partial charge in [-0.1, -0.05) is 42.5 Å². The SMILES string of the molecule is CC(C)OCCCNC(=O)CCCc1nnc2n3nc(-c4ccccc4)nc3c3ccccc3n12. The molecule has 1 N–H and O–H groups in total. The van der Waals surface area contributed by atoms with Crippen LogP contribution in [0.3, 0.4) is 0 Å². The molecule has 0 saturated carbocycles. The molecule has 0 aliphatic rings. The number of rotatable bonds is 10. The van der Waals surface area contributed by atoms with Gasteiger partial charge < -0.3 is 10.1 Å². The fourth-order valence-corrected chi connectivity index (χ4v) is 4.16. The molecular weight excluding hydrogens is 442 g/mol. The van der Waals surface area contributed by atoms with Gasteiger partial charge in [-0.15, -0.1) is 15.3 Å². The molecule has 0 unspecified atom stereocenters. The Morgan fingerprint density at radius 2 is 1.83 bits per heavy atom. The number of carbonyl (C=O) groups is 1. The molecule has 1 amide bonds. The first-order valence-corrected chi connectivity index (χ1v) is 12.1. The summed E-state index contributed by atoms with van der Waals surface area (Å²) in [5, 5.41) is 17.6. The second-order valence-corrected chi connectivity index (χ2v) is 8.78. The lowest BCUT2D eigenvalue weighted by molar-refractivity contribution is -0.121. The summed E-state index contributed by atoms with van der Waals surface area (Å²) in [4.78, 5) is 17.1. The number of hydrogen-bond donors (Lipinski definition) is 1. The predicted octanol–water partition coefficient (Wildman–Crippen LogP) is 3.85. The normalized spacial score (nSPS) is 11.7. The summed E-state index contributed by atoms with van der Waals surface area (Å²) in [5.74, 6) is 2.09. The molecular formula is C26H29N7O2. The first kappa shape index (κ1) is 22.9. The molecule has 35 heavy (non-hydrogen) atoms. The molecule has 3 aromatic heterocycles. The van der Waals surface area contributed by atoms with Crippen molar-refractivity contribution in [3.8, 4) is 11.4 Å². The molecule has 3 heterocycles. The minimum absolute atomic E-state index is 0.0411. The topological polar surface area (TPSA) is 98.7 Å². The van der Waals surface area contributed by atoms with Crippen LogP contribution in [0.2, 0.25) is 0 Å². The summed E-state index contributed by atoms with van der Waals surface area (Å²) in [6.07, 6.45) is 2.75. The van der Waals surface area contributed by atoms with Crippen molar-refractivity contribution >= 4 is 28.2 Å². The van der Waals surface area contributed by atoms with Gasteiger partial charge in [0.25, 0.3) is 5.78 Å². The van der Waals surface area contributed by atoms with E-state index in [1.807, 2.05) is 72.8 Å². The van der Waals surface area contributed by atoms with E-state index >= 15 is 0 Å². The lowest BCUT2D eigenvalue weighted by Crippen LogP contribution is -2.25. The third kappa shape index (κ3) is 4.85. The van der Waals surface area contributed by atoms with Gasteiger partial charge in [-0.3, -0.25) is 9.20 Å². The standard InChI is InChI=1S/C26H29N7O2/c1-18(2)35-17-9-16-27-23(34)15-8-14-22-29-30-26-32(22)21-13-7-6-12-20(21)25-28-24(31-33(25)26)19-10-4-3-5-11-19/h3-7,10-13,18H,8-9,14-17H2,1-2H3,(H,27,34). The largest absolute Gasteiger partial charge is 0.379 e. The third-order valence-electron chi connectivity index (χ3n) is 5.83. The highest BCUT2D eigenvalue weighted by Crippen LogP contribution is 2.25. The van der Waals surface area contributed by atoms with Crippen LogP contribution in [0.15, 0.2) is 54.6 Å². The molecule has 0 spiro atoms. The highest BCUT2D eigenvalue weighted by molar-refractivity contribution is 5.94. The Balaban J connectivity index is 1.36. The van der Waals surface area contributed by atoms with Crippen molar-refractivity contribution in [3.63, 3.8) is 0 Å². The number of para-hydroxylation sites is 1. The number of aryl methyl sites for hydroxylation is 1. The zero-order chi connectivity index (χ0) is 24.2. The zero-order valence-corrected chi connectivity index (χ0v) is 20.0. The van der Waals surface area contributed by atoms with Crippen molar-refractivity contribution in [2.24, 2.45) is 0 Å². The molecule has 0 radical (unpaired) electrons. The van der Waals surface area contributed by atoms with E-state index in [1.165, 1.54) is 0 Å². The molecule has 2 aromatic carbocycles. The fourth-order valence-electron chi connectivity index (χ4n) is 4.16. The van der Waals surface area contributed by atoms with E-state index in [-0.39, 0.29) is 12.0 Å². The molecule has 180 valence electrons. The minimum Gasteiger partial charge on any atom is -0.379 e. The first-order chi connectivity index (χ1) is 17.1. The maximum absolute atomic E-state index is 12.2. The number of nitrogens with one attached hydrogen (secondary N) is 1. The zero-order valence-electron chi connectivity index (χ0n) is 20.0. The minimum atomic E-state index is 0.0411. The molecule has 9 heteroatoms. The van der Waals surface area contributed by atoms with Crippen LogP contribution < -0.4 is 5.32 Å². The van der Waals surface area contributed by atoms with E-state index in [2.05, 4.69) is 15.5 Å². The molecule has 0 aliphatic heterocycles. The Morgan fingerprint density at radius 1 is 1.03 bits per heavy atom. The quantitative estimate of drug-likeness (QED) is 0.311. The van der Waals surface area contributed by atoms with E-state index in [0.717, 1.165) is 34.4 Å². The number of ether oxygens (including phenoxy) is 1. The van der Waals surface area contributed by atoms with E-state index in [0.29, 0.717) is 44.0 Å². The lowest BCUT2D eigenvalue weighted by Gasteiger charge is -2.08.